The summed E-state index contributed by atoms with van der Waals surface area (Å²) < 4.78 is 31.2. The average molecular weight is 342 g/mol. The van der Waals surface area contributed by atoms with Crippen LogP contribution in [0.2, 0.25) is 5.02 Å². The smallest absolute Gasteiger partial charge is 0.173 e. The molecule has 0 amide bonds. The molecule has 3 rings (SSSR count). The van der Waals surface area contributed by atoms with E-state index in [9.17, 15) is 8.42 Å². The predicted molar refractivity (Wildman–Crippen MR) is 82.9 cm³/mol. The molecule has 118 valence electrons. The molecule has 2 aromatic rings. The second kappa shape index (κ2) is 5.89. The summed E-state index contributed by atoms with van der Waals surface area (Å²) in [7, 11) is -3.01. The lowest BCUT2D eigenvalue weighted by Gasteiger charge is -2.15. The van der Waals surface area contributed by atoms with Gasteiger partial charge in [-0.25, -0.2) is 8.42 Å². The van der Waals surface area contributed by atoms with E-state index in [2.05, 4.69) is 10.2 Å². The molecule has 0 aliphatic carbocycles. The summed E-state index contributed by atoms with van der Waals surface area (Å²) in [5.74, 6) is 2.19. The molecule has 0 saturated heterocycles. The van der Waals surface area contributed by atoms with E-state index in [1.54, 1.807) is 18.2 Å². The van der Waals surface area contributed by atoms with E-state index in [4.69, 9.17) is 16.3 Å². The van der Waals surface area contributed by atoms with Gasteiger partial charge in [-0.2, -0.15) is 0 Å². The standard InChI is InChI=1S/C14H16ClN3O3S/c1-10(21-12-4-2-3-11(15)9-12)14-17-16-13-5-7-22(19,20)8-6-18(13)14/h2-4,9-10H,5-8H2,1H3. The molecule has 1 aromatic heterocycles. The van der Waals surface area contributed by atoms with Crippen LogP contribution in [0.1, 0.15) is 24.7 Å². The monoisotopic (exact) mass is 341 g/mol. The number of aromatic nitrogens is 3. The maximum Gasteiger partial charge on any atom is 0.173 e. The van der Waals surface area contributed by atoms with Crippen LogP contribution in [0.15, 0.2) is 24.3 Å². The maximum atomic E-state index is 11.7. The fourth-order valence-electron chi connectivity index (χ4n) is 2.45. The number of hydrogen-bond acceptors (Lipinski definition) is 5. The molecule has 0 saturated carbocycles. The highest BCUT2D eigenvalue weighted by Crippen LogP contribution is 2.24. The van der Waals surface area contributed by atoms with Crippen LogP contribution in [0.25, 0.3) is 0 Å². The third-order valence-electron chi connectivity index (χ3n) is 3.59. The van der Waals surface area contributed by atoms with Crippen molar-refractivity contribution in [1.29, 1.82) is 0 Å². The minimum Gasteiger partial charge on any atom is -0.483 e. The van der Waals surface area contributed by atoms with Crippen LogP contribution in [0, 0.1) is 0 Å². The molecule has 1 aliphatic heterocycles. The second-order valence-electron chi connectivity index (χ2n) is 5.25. The first-order valence-electron chi connectivity index (χ1n) is 6.99. The highest BCUT2D eigenvalue weighted by Gasteiger charge is 2.25. The SMILES string of the molecule is CC(Oc1cccc(Cl)c1)c1nnc2n1CCS(=O)(=O)CC2. The number of nitrogens with zero attached hydrogens (tertiary/aromatic N) is 3. The summed E-state index contributed by atoms with van der Waals surface area (Å²) in [4.78, 5) is 0. The second-order valence-corrected chi connectivity index (χ2v) is 7.99. The summed E-state index contributed by atoms with van der Waals surface area (Å²) in [6.07, 6.45) is 0.0414. The van der Waals surface area contributed by atoms with Crippen molar-refractivity contribution < 1.29 is 13.2 Å². The molecule has 0 radical (unpaired) electrons. The van der Waals surface area contributed by atoms with E-state index >= 15 is 0 Å². The topological polar surface area (TPSA) is 74.1 Å². The quantitative estimate of drug-likeness (QED) is 0.854. The zero-order valence-corrected chi connectivity index (χ0v) is 13.6. The van der Waals surface area contributed by atoms with Gasteiger partial charge in [0.25, 0.3) is 0 Å². The largest absolute Gasteiger partial charge is 0.483 e. The van der Waals surface area contributed by atoms with Crippen molar-refractivity contribution in [3.8, 4) is 5.75 Å². The molecule has 2 heterocycles. The van der Waals surface area contributed by atoms with Gasteiger partial charge in [-0.1, -0.05) is 17.7 Å². The Bertz CT molecular complexity index is 788. The fraction of sp³-hybridized carbons (Fsp3) is 0.429. The normalized spacial score (nSPS) is 18.3. The van der Waals surface area contributed by atoms with Crippen molar-refractivity contribution in [1.82, 2.24) is 14.8 Å². The van der Waals surface area contributed by atoms with Crippen molar-refractivity contribution in [2.24, 2.45) is 0 Å². The predicted octanol–water partition coefficient (Wildman–Crippen LogP) is 2.04. The van der Waals surface area contributed by atoms with E-state index in [0.717, 1.165) is 0 Å². The van der Waals surface area contributed by atoms with Crippen LogP contribution in [-0.4, -0.2) is 34.7 Å². The van der Waals surface area contributed by atoms with Gasteiger partial charge in [0.15, 0.2) is 21.8 Å². The number of ether oxygens (including phenoxy) is 1. The summed E-state index contributed by atoms with van der Waals surface area (Å²) in [5, 5.41) is 8.86. The van der Waals surface area contributed by atoms with Crippen LogP contribution in [0.5, 0.6) is 5.75 Å². The molecule has 0 bridgehead atoms. The first-order chi connectivity index (χ1) is 10.4. The van der Waals surface area contributed by atoms with Crippen LogP contribution >= 0.6 is 11.6 Å². The first-order valence-corrected chi connectivity index (χ1v) is 9.19. The van der Waals surface area contributed by atoms with Gasteiger partial charge < -0.3 is 9.30 Å². The minimum atomic E-state index is -3.01. The van der Waals surface area contributed by atoms with Crippen LogP contribution in [0.3, 0.4) is 0 Å². The van der Waals surface area contributed by atoms with Crippen molar-refractivity contribution in [3.05, 3.63) is 40.9 Å². The molecule has 1 atom stereocenters. The van der Waals surface area contributed by atoms with Gasteiger partial charge in [0.1, 0.15) is 11.6 Å². The van der Waals surface area contributed by atoms with Crippen LogP contribution < -0.4 is 4.74 Å². The number of sulfone groups is 1. The molecule has 8 heteroatoms. The van der Waals surface area contributed by atoms with Crippen LogP contribution in [0.4, 0.5) is 0 Å². The Labute approximate surface area is 134 Å². The van der Waals surface area contributed by atoms with Crippen molar-refractivity contribution in [2.75, 3.05) is 11.5 Å². The Morgan fingerprint density at radius 2 is 2.14 bits per heavy atom. The molecule has 0 N–H and O–H groups in total. The highest BCUT2D eigenvalue weighted by atomic mass is 35.5. The molecule has 1 aliphatic rings. The molecule has 1 aromatic carbocycles. The number of fused-ring (bicyclic) bond motifs is 1. The summed E-state index contributed by atoms with van der Waals surface area (Å²) in [5.41, 5.74) is 0. The number of aryl methyl sites for hydroxylation is 1. The zero-order valence-electron chi connectivity index (χ0n) is 12.1. The summed E-state index contributed by atoms with van der Waals surface area (Å²) in [6, 6.07) is 7.11. The van der Waals surface area contributed by atoms with E-state index in [1.165, 1.54) is 0 Å². The van der Waals surface area contributed by atoms with Gasteiger partial charge in [-0.05, 0) is 25.1 Å². The minimum absolute atomic E-state index is 0.106. The number of hydrogen-bond donors (Lipinski definition) is 0. The summed E-state index contributed by atoms with van der Waals surface area (Å²) in [6.45, 7) is 2.22. The van der Waals surface area contributed by atoms with Gasteiger partial charge in [0.05, 0.1) is 11.5 Å². The Kier molecular flexibility index (Phi) is 4.10. The maximum absolute atomic E-state index is 11.7. The zero-order chi connectivity index (χ0) is 15.7. The lowest BCUT2D eigenvalue weighted by atomic mass is 10.3. The Morgan fingerprint density at radius 3 is 2.91 bits per heavy atom. The van der Waals surface area contributed by atoms with E-state index < -0.39 is 9.84 Å². The van der Waals surface area contributed by atoms with E-state index in [-0.39, 0.29) is 17.6 Å². The average Bonchev–Trinajstić information content (AvgIpc) is 2.80. The lowest BCUT2D eigenvalue weighted by Crippen LogP contribution is -2.16. The van der Waals surface area contributed by atoms with Crippen molar-refractivity contribution >= 4 is 21.4 Å². The van der Waals surface area contributed by atoms with Crippen molar-refractivity contribution in [2.45, 2.75) is 26.0 Å². The lowest BCUT2D eigenvalue weighted by molar-refractivity contribution is 0.210. The Balaban J connectivity index is 1.83. The molecular formula is C14H16ClN3O3S. The van der Waals surface area contributed by atoms with Crippen molar-refractivity contribution in [3.63, 3.8) is 0 Å². The van der Waals surface area contributed by atoms with Gasteiger partial charge in [0.2, 0.25) is 0 Å². The molecule has 0 fully saturated rings. The Hall–Kier alpha value is -1.60. The number of rotatable bonds is 3. The van der Waals surface area contributed by atoms with Gasteiger partial charge in [0, 0.05) is 18.0 Å². The van der Waals surface area contributed by atoms with E-state index in [1.807, 2.05) is 17.6 Å². The molecular weight excluding hydrogens is 326 g/mol. The summed E-state index contributed by atoms with van der Waals surface area (Å²) >= 11 is 5.94. The van der Waals surface area contributed by atoms with Gasteiger partial charge >= 0.3 is 0 Å². The highest BCUT2D eigenvalue weighted by molar-refractivity contribution is 7.91. The third kappa shape index (κ3) is 3.25. The molecule has 0 spiro atoms. The molecule has 22 heavy (non-hydrogen) atoms. The van der Waals surface area contributed by atoms with Crippen LogP contribution in [-0.2, 0) is 22.8 Å². The Morgan fingerprint density at radius 1 is 1.32 bits per heavy atom. The fourth-order valence-corrected chi connectivity index (χ4v) is 3.79. The van der Waals surface area contributed by atoms with Gasteiger partial charge in [-0.3, -0.25) is 0 Å². The number of halogens is 1. The first kappa shape index (κ1) is 15.3. The molecule has 1 unspecified atom stereocenters. The number of benzene rings is 1. The van der Waals surface area contributed by atoms with E-state index in [0.29, 0.717) is 35.4 Å². The van der Waals surface area contributed by atoms with Gasteiger partial charge in [-0.15, -0.1) is 10.2 Å². The molecule has 6 nitrogen and oxygen atoms in total. The third-order valence-corrected chi connectivity index (χ3v) is 5.46.